The number of carbonyl (C=O) groups excluding carboxylic acids is 2. The zero-order chi connectivity index (χ0) is 44.0. The Kier molecular flexibility index (Phi) is 14.1. The highest BCUT2D eigenvalue weighted by Gasteiger charge is 2.54. The lowest BCUT2D eigenvalue weighted by atomic mass is 9.84. The number of aliphatic hydroxyl groups is 6. The van der Waals surface area contributed by atoms with Crippen LogP contribution < -0.4 is 45.0 Å². The second-order valence-electron chi connectivity index (χ2n) is 15.9. The molecule has 1 unspecified atom stereocenters. The maximum absolute atomic E-state index is 13.3. The fourth-order valence-corrected chi connectivity index (χ4v) is 8.51. The van der Waals surface area contributed by atoms with E-state index in [1.807, 2.05) is 0 Å². The molecule has 19 atom stereocenters. The van der Waals surface area contributed by atoms with Gasteiger partial charge < -0.3 is 104 Å². The molecule has 23 heteroatoms. The molecule has 1 saturated carbocycles. The molecule has 0 bridgehead atoms. The average molecular weight is 879 g/mol. The van der Waals surface area contributed by atoms with Gasteiger partial charge in [-0.1, -0.05) is 24.3 Å². The van der Waals surface area contributed by atoms with E-state index < -0.39 is 116 Å². The first-order valence-corrected chi connectivity index (χ1v) is 20.3. The van der Waals surface area contributed by atoms with E-state index in [9.17, 15) is 40.2 Å². The smallest absolute Gasteiger partial charge is 0.194 e. The summed E-state index contributed by atoms with van der Waals surface area (Å²) in [6.07, 6.45) is -20.6. The highest BCUT2D eigenvalue weighted by Crippen LogP contribution is 2.35. The molecule has 2 aromatic rings. The van der Waals surface area contributed by atoms with Crippen molar-refractivity contribution in [3.8, 4) is 0 Å². The van der Waals surface area contributed by atoms with E-state index >= 15 is 0 Å². The molecule has 0 aromatic heterocycles. The molecular weight excluding hydrogens is 825 g/mol. The maximum Gasteiger partial charge on any atom is 0.194 e. The number of carbonyl (C=O) groups is 2. The lowest BCUT2D eigenvalue weighted by Gasteiger charge is -2.47. The zero-order valence-corrected chi connectivity index (χ0v) is 33.5. The van der Waals surface area contributed by atoms with Crippen LogP contribution in [-0.2, 0) is 28.4 Å². The number of nitrogens with two attached hydrogens (primary N) is 6. The zero-order valence-electron chi connectivity index (χ0n) is 32.7. The quantitative estimate of drug-likeness (QED) is 0.0797. The fourth-order valence-electron chi connectivity index (χ4n) is 8.31. The molecule has 2 aromatic carbocycles. The Morgan fingerprint density at radius 1 is 0.623 bits per heavy atom. The predicted octanol–water partition coefficient (Wildman–Crippen LogP) is -6.13. The van der Waals surface area contributed by atoms with E-state index in [-0.39, 0.29) is 59.4 Å². The maximum atomic E-state index is 13.3. The normalized spacial score (nSPS) is 41.2. The van der Waals surface area contributed by atoms with Gasteiger partial charge >= 0.3 is 0 Å². The Hall–Kier alpha value is -3.25. The highest BCUT2D eigenvalue weighted by atomic mass is 32.1. The van der Waals surface area contributed by atoms with Gasteiger partial charge in [-0.15, -0.1) is 0 Å². The van der Waals surface area contributed by atoms with Crippen molar-refractivity contribution in [2.24, 2.45) is 34.4 Å². The molecular formula is C38H54N8O14S. The number of hydrogen-bond donors (Lipinski definition) is 14. The van der Waals surface area contributed by atoms with Gasteiger partial charge in [0, 0.05) is 59.7 Å². The second kappa shape index (κ2) is 18.8. The molecule has 0 radical (unpaired) electrons. The van der Waals surface area contributed by atoms with Crippen LogP contribution in [0.4, 0.5) is 5.69 Å². The van der Waals surface area contributed by atoms with Crippen molar-refractivity contribution >= 4 is 34.6 Å². The summed E-state index contributed by atoms with van der Waals surface area (Å²) in [4.78, 5) is 26.4. The lowest BCUT2D eigenvalue weighted by molar-refractivity contribution is -0.306. The van der Waals surface area contributed by atoms with Crippen LogP contribution in [0, 0.1) is 0 Å². The third-order valence-electron chi connectivity index (χ3n) is 11.8. The summed E-state index contributed by atoms with van der Waals surface area (Å²) in [7, 11) is 0. The number of hydrogen-bond acceptors (Lipinski definition) is 21. The van der Waals surface area contributed by atoms with Crippen LogP contribution in [0.2, 0.25) is 0 Å². The number of thiocarbonyl (C=S) groups is 1. The van der Waals surface area contributed by atoms with E-state index in [2.05, 4.69) is 10.6 Å². The Bertz CT molecular complexity index is 1920. The van der Waals surface area contributed by atoms with Crippen LogP contribution in [0.25, 0.3) is 0 Å². The molecule has 4 fully saturated rings. The molecule has 61 heavy (non-hydrogen) atoms. The highest BCUT2D eigenvalue weighted by molar-refractivity contribution is 7.80. The first kappa shape index (κ1) is 45.8. The average Bonchev–Trinajstić information content (AvgIpc) is 3.54. The topological polar surface area (TPSA) is 391 Å². The number of fused-ring (bicyclic) bond motifs is 2. The summed E-state index contributed by atoms with van der Waals surface area (Å²) in [6, 6.07) is 6.73. The molecule has 0 spiro atoms. The van der Waals surface area contributed by atoms with Gasteiger partial charge in [-0.05, 0) is 36.8 Å². The van der Waals surface area contributed by atoms with Gasteiger partial charge in [-0.3, -0.25) is 9.59 Å². The largest absolute Gasteiger partial charge is 0.389 e. The molecule has 3 aliphatic heterocycles. The van der Waals surface area contributed by atoms with Crippen LogP contribution in [0.3, 0.4) is 0 Å². The van der Waals surface area contributed by atoms with Crippen LogP contribution in [0.1, 0.15) is 38.3 Å². The summed E-state index contributed by atoms with van der Waals surface area (Å²) < 4.78 is 36.3. The van der Waals surface area contributed by atoms with E-state index in [0.717, 1.165) is 0 Å². The van der Waals surface area contributed by atoms with Gasteiger partial charge in [0.2, 0.25) is 0 Å². The fraction of sp³-hybridized carbons (Fsp3) is 0.605. The van der Waals surface area contributed by atoms with Gasteiger partial charge in [0.05, 0.1) is 18.2 Å². The third kappa shape index (κ3) is 8.97. The summed E-state index contributed by atoms with van der Waals surface area (Å²) in [5.74, 6) is -0.612. The first-order chi connectivity index (χ1) is 29.0. The second-order valence-corrected chi connectivity index (χ2v) is 16.3. The van der Waals surface area contributed by atoms with Crippen molar-refractivity contribution in [3.63, 3.8) is 0 Å². The molecule has 7 rings (SSSR count). The third-order valence-corrected chi connectivity index (χ3v) is 12.1. The van der Waals surface area contributed by atoms with Crippen LogP contribution in [-0.4, -0.2) is 183 Å². The summed E-state index contributed by atoms with van der Waals surface area (Å²) in [5, 5.41) is 71.2. The van der Waals surface area contributed by atoms with E-state index in [1.54, 1.807) is 30.3 Å². The Balaban J connectivity index is 1.09. The number of ketones is 2. The molecule has 336 valence electrons. The molecule has 0 amide bonds. The van der Waals surface area contributed by atoms with Gasteiger partial charge in [0.25, 0.3) is 0 Å². The minimum atomic E-state index is -1.68. The standard InChI is InChI=1S/C38H54N8O14S/c39-9-19-27(50)29(52)22(43)35(55-19)58-32-18(42)8-17(41)26(49)34(32)60-37-31(54)33(59-36-23(44)30(53)28(51)20(10-40)56-36)21(57-37)11-45-38(61)46-12-5-6-15-16(7-12)25(48)14-4-2-1-3-13(14)24(15)47/h1-7,17-23,26-37,49-54H,8-11,39-44H2,(H2,45,46,61)/t17-,18+,19+,20-,21-,22+,23+,26+,27+,28+,29+,30+,31-,32-,33-,34-,35+,36?,37+/m1/s1. The van der Waals surface area contributed by atoms with Crippen molar-refractivity contribution < 1.29 is 68.6 Å². The minimum Gasteiger partial charge on any atom is -0.389 e. The first-order valence-electron chi connectivity index (χ1n) is 19.9. The Morgan fingerprint density at radius 2 is 1.13 bits per heavy atom. The number of nitrogens with one attached hydrogen (secondary N) is 2. The van der Waals surface area contributed by atoms with Crippen molar-refractivity contribution in [1.29, 1.82) is 0 Å². The summed E-state index contributed by atoms with van der Waals surface area (Å²) >= 11 is 5.56. The Labute approximate surface area is 354 Å². The SMILES string of the molecule is NC[C@@H]1O[C@@H](O[C@H]2[C@H](O[C@@H]3O[C@H](CNC(=S)Nc4ccc5c(c4)C(=O)c4ccccc4C5=O)[C@@H](OC4O[C@H](CN)[C@H](O)[C@@H](O)[C@@H]4N)[C@H]3O)[C@@H](O)[C@H](N)C[C@@H]2N)[C@@H](N)[C@H](O)[C@H]1O. The number of rotatable bonds is 11. The van der Waals surface area contributed by atoms with Crippen LogP contribution in [0.5, 0.6) is 0 Å². The van der Waals surface area contributed by atoms with Gasteiger partial charge in [0.15, 0.2) is 35.5 Å². The van der Waals surface area contributed by atoms with Gasteiger partial charge in [0.1, 0.15) is 67.1 Å². The van der Waals surface area contributed by atoms with Crippen molar-refractivity contribution in [1.82, 2.24) is 5.32 Å². The number of aliphatic hydroxyl groups excluding tert-OH is 6. The van der Waals surface area contributed by atoms with Crippen molar-refractivity contribution in [2.75, 3.05) is 25.0 Å². The van der Waals surface area contributed by atoms with Gasteiger partial charge in [-0.2, -0.15) is 0 Å². The monoisotopic (exact) mass is 878 g/mol. The van der Waals surface area contributed by atoms with E-state index in [0.29, 0.717) is 11.3 Å². The van der Waals surface area contributed by atoms with Crippen LogP contribution >= 0.6 is 12.2 Å². The molecule has 5 aliphatic rings. The molecule has 22 nitrogen and oxygen atoms in total. The molecule has 20 N–H and O–H groups in total. The molecule has 3 heterocycles. The van der Waals surface area contributed by atoms with E-state index in [4.69, 9.17) is 75.0 Å². The van der Waals surface area contributed by atoms with E-state index in [1.165, 1.54) is 12.1 Å². The predicted molar refractivity (Wildman–Crippen MR) is 215 cm³/mol. The summed E-state index contributed by atoms with van der Waals surface area (Å²) in [5.41, 5.74) is 38.0. The summed E-state index contributed by atoms with van der Waals surface area (Å²) in [6.45, 7) is -0.585. The Morgan fingerprint density at radius 3 is 1.70 bits per heavy atom. The number of anilines is 1. The van der Waals surface area contributed by atoms with Gasteiger partial charge in [-0.25, -0.2) is 0 Å². The van der Waals surface area contributed by atoms with Crippen molar-refractivity contribution in [2.45, 2.75) is 123 Å². The van der Waals surface area contributed by atoms with Crippen molar-refractivity contribution in [3.05, 3.63) is 64.7 Å². The molecule has 3 saturated heterocycles. The lowest BCUT2D eigenvalue weighted by Crippen LogP contribution is -2.68. The number of ether oxygens (including phenoxy) is 6. The van der Waals surface area contributed by atoms with Crippen LogP contribution in [0.15, 0.2) is 42.5 Å². The minimum absolute atomic E-state index is 0.0310. The number of benzene rings is 2. The molecule has 2 aliphatic carbocycles.